The molecule has 0 atom stereocenters. The Kier molecular flexibility index (Phi) is 2.99. The summed E-state index contributed by atoms with van der Waals surface area (Å²) in [5.41, 5.74) is 0.537. The van der Waals surface area contributed by atoms with Crippen molar-refractivity contribution in [1.82, 2.24) is 14.4 Å². The molecule has 0 bridgehead atoms. The molecule has 0 saturated carbocycles. The quantitative estimate of drug-likeness (QED) is 0.576. The van der Waals surface area contributed by atoms with Gasteiger partial charge in [-0.1, -0.05) is 30.3 Å². The molecule has 2 heterocycles. The Bertz CT molecular complexity index is 1110. The lowest BCUT2D eigenvalue weighted by atomic mass is 10.1. The monoisotopic (exact) mass is 329 g/mol. The van der Waals surface area contributed by atoms with Gasteiger partial charge in [-0.25, -0.2) is 9.38 Å². The Morgan fingerprint density at radius 1 is 1.00 bits per heavy atom. The maximum atomic E-state index is 12.9. The Morgan fingerprint density at radius 2 is 1.75 bits per heavy atom. The summed E-state index contributed by atoms with van der Waals surface area (Å²) in [7, 11) is 0. The molecule has 2 aromatic carbocycles. The normalized spacial score (nSPS) is 12.1. The highest BCUT2D eigenvalue weighted by Gasteiger charge is 2.31. The SMILES string of the molecule is O=c1cc(-c2ccccc2)[nH]c2nc3ccc(C(F)(F)F)cc3n12. The number of H-pyrrole nitrogens is 1. The van der Waals surface area contributed by atoms with E-state index >= 15 is 0 Å². The zero-order chi connectivity index (χ0) is 16.9. The molecule has 0 amide bonds. The number of halogens is 3. The zero-order valence-electron chi connectivity index (χ0n) is 12.1. The number of nitrogens with zero attached hydrogens (tertiary/aromatic N) is 2. The third-order valence-electron chi connectivity index (χ3n) is 3.80. The molecular weight excluding hydrogens is 319 g/mol. The fourth-order valence-corrected chi connectivity index (χ4v) is 2.68. The van der Waals surface area contributed by atoms with Crippen molar-refractivity contribution in [2.24, 2.45) is 0 Å². The molecule has 0 fully saturated rings. The minimum atomic E-state index is -4.48. The number of imidazole rings is 1. The smallest absolute Gasteiger partial charge is 0.324 e. The van der Waals surface area contributed by atoms with Crippen LogP contribution >= 0.6 is 0 Å². The molecule has 4 aromatic rings. The second-order valence-corrected chi connectivity index (χ2v) is 5.36. The van der Waals surface area contributed by atoms with Crippen molar-refractivity contribution in [1.29, 1.82) is 0 Å². The Balaban J connectivity index is 2.01. The fourth-order valence-electron chi connectivity index (χ4n) is 2.68. The molecule has 2 aromatic heterocycles. The van der Waals surface area contributed by atoms with Gasteiger partial charge in [-0.15, -0.1) is 0 Å². The lowest BCUT2D eigenvalue weighted by Gasteiger charge is -2.06. The first kappa shape index (κ1) is 14.5. The standard InChI is InChI=1S/C17H10F3N3O/c18-17(19,20)11-6-7-12-14(8-11)23-15(24)9-13(22-16(23)21-12)10-4-2-1-3-5-10/h1-9H,(H,21,22). The largest absolute Gasteiger partial charge is 0.416 e. The van der Waals surface area contributed by atoms with Gasteiger partial charge in [0.1, 0.15) is 0 Å². The molecule has 24 heavy (non-hydrogen) atoms. The van der Waals surface area contributed by atoms with Gasteiger partial charge in [0.05, 0.1) is 22.3 Å². The summed E-state index contributed by atoms with van der Waals surface area (Å²) < 4.78 is 39.8. The van der Waals surface area contributed by atoms with Crippen LogP contribution in [0.1, 0.15) is 5.56 Å². The number of aromatic amines is 1. The zero-order valence-corrected chi connectivity index (χ0v) is 12.1. The van der Waals surface area contributed by atoms with E-state index in [9.17, 15) is 18.0 Å². The third-order valence-corrected chi connectivity index (χ3v) is 3.80. The maximum absolute atomic E-state index is 12.9. The van der Waals surface area contributed by atoms with Crippen LogP contribution in [0.4, 0.5) is 13.2 Å². The van der Waals surface area contributed by atoms with Gasteiger partial charge in [0.25, 0.3) is 5.56 Å². The van der Waals surface area contributed by atoms with Crippen LogP contribution in [0.3, 0.4) is 0 Å². The van der Waals surface area contributed by atoms with E-state index in [0.29, 0.717) is 11.2 Å². The molecule has 0 aliphatic carbocycles. The molecule has 0 unspecified atom stereocenters. The molecule has 0 spiro atoms. The number of aromatic nitrogens is 3. The van der Waals surface area contributed by atoms with E-state index in [1.54, 1.807) is 0 Å². The summed E-state index contributed by atoms with van der Waals surface area (Å²) in [5.74, 6) is 0.204. The van der Waals surface area contributed by atoms with E-state index in [4.69, 9.17) is 0 Å². The summed E-state index contributed by atoms with van der Waals surface area (Å²) in [6.07, 6.45) is -4.48. The summed E-state index contributed by atoms with van der Waals surface area (Å²) in [6, 6.07) is 13.7. The van der Waals surface area contributed by atoms with Crippen LogP contribution in [-0.2, 0) is 6.18 Å². The number of nitrogens with one attached hydrogen (secondary N) is 1. The minimum Gasteiger partial charge on any atom is -0.324 e. The highest BCUT2D eigenvalue weighted by Crippen LogP contribution is 2.31. The van der Waals surface area contributed by atoms with Gasteiger partial charge in [-0.2, -0.15) is 13.2 Å². The van der Waals surface area contributed by atoms with E-state index in [1.807, 2.05) is 30.3 Å². The van der Waals surface area contributed by atoms with Gasteiger partial charge >= 0.3 is 6.18 Å². The number of alkyl halides is 3. The van der Waals surface area contributed by atoms with Crippen molar-refractivity contribution < 1.29 is 13.2 Å². The number of benzene rings is 2. The van der Waals surface area contributed by atoms with Crippen molar-refractivity contribution in [2.45, 2.75) is 6.18 Å². The van der Waals surface area contributed by atoms with Crippen LogP contribution in [0.2, 0.25) is 0 Å². The van der Waals surface area contributed by atoms with Crippen LogP contribution in [0.5, 0.6) is 0 Å². The molecule has 0 saturated heterocycles. The maximum Gasteiger partial charge on any atom is 0.416 e. The average molecular weight is 329 g/mol. The topological polar surface area (TPSA) is 50.2 Å². The van der Waals surface area contributed by atoms with E-state index in [2.05, 4.69) is 9.97 Å². The Hall–Kier alpha value is -3.09. The predicted octanol–water partition coefficient (Wildman–Crippen LogP) is 3.86. The fraction of sp³-hybridized carbons (Fsp3) is 0.0588. The van der Waals surface area contributed by atoms with E-state index < -0.39 is 17.3 Å². The summed E-state index contributed by atoms with van der Waals surface area (Å²) in [4.78, 5) is 19.7. The molecule has 0 aliphatic heterocycles. The summed E-state index contributed by atoms with van der Waals surface area (Å²) >= 11 is 0. The van der Waals surface area contributed by atoms with Crippen LogP contribution in [0, 0.1) is 0 Å². The van der Waals surface area contributed by atoms with Crippen LogP contribution in [0.25, 0.3) is 28.1 Å². The van der Waals surface area contributed by atoms with Crippen LogP contribution in [0.15, 0.2) is 59.4 Å². The molecule has 7 heteroatoms. The van der Waals surface area contributed by atoms with Crippen molar-refractivity contribution in [3.8, 4) is 11.3 Å². The second-order valence-electron chi connectivity index (χ2n) is 5.36. The molecule has 4 rings (SSSR count). The number of hydrogen-bond donors (Lipinski definition) is 1. The minimum absolute atomic E-state index is 0.126. The predicted molar refractivity (Wildman–Crippen MR) is 83.8 cm³/mol. The molecule has 120 valence electrons. The van der Waals surface area contributed by atoms with Crippen molar-refractivity contribution in [3.05, 3.63) is 70.5 Å². The molecule has 0 aliphatic rings. The highest BCUT2D eigenvalue weighted by molar-refractivity contribution is 5.81. The molecular formula is C17H10F3N3O. The van der Waals surface area contributed by atoms with E-state index in [0.717, 1.165) is 22.1 Å². The van der Waals surface area contributed by atoms with Crippen LogP contribution < -0.4 is 5.56 Å². The summed E-state index contributed by atoms with van der Waals surface area (Å²) in [5, 5.41) is 0. The first-order valence-electron chi connectivity index (χ1n) is 7.12. The lowest BCUT2D eigenvalue weighted by Crippen LogP contribution is -2.13. The average Bonchev–Trinajstić information content (AvgIpc) is 2.92. The van der Waals surface area contributed by atoms with E-state index in [-0.39, 0.29) is 11.3 Å². The number of rotatable bonds is 1. The molecule has 4 nitrogen and oxygen atoms in total. The van der Waals surface area contributed by atoms with Crippen molar-refractivity contribution in [2.75, 3.05) is 0 Å². The van der Waals surface area contributed by atoms with Gasteiger partial charge < -0.3 is 4.98 Å². The number of hydrogen-bond acceptors (Lipinski definition) is 2. The Morgan fingerprint density at radius 3 is 2.46 bits per heavy atom. The van der Waals surface area contributed by atoms with Crippen LogP contribution in [-0.4, -0.2) is 14.4 Å². The van der Waals surface area contributed by atoms with Gasteiger partial charge in [0.15, 0.2) is 0 Å². The van der Waals surface area contributed by atoms with E-state index in [1.165, 1.54) is 12.1 Å². The van der Waals surface area contributed by atoms with Gasteiger partial charge in [0.2, 0.25) is 5.78 Å². The van der Waals surface area contributed by atoms with Gasteiger partial charge in [0, 0.05) is 6.07 Å². The Labute approximate surface area is 133 Å². The van der Waals surface area contributed by atoms with Crippen molar-refractivity contribution in [3.63, 3.8) is 0 Å². The number of fused-ring (bicyclic) bond motifs is 3. The summed E-state index contributed by atoms with van der Waals surface area (Å²) in [6.45, 7) is 0. The molecule has 0 radical (unpaired) electrons. The van der Waals surface area contributed by atoms with Gasteiger partial charge in [-0.05, 0) is 23.8 Å². The first-order valence-corrected chi connectivity index (χ1v) is 7.12. The second kappa shape index (κ2) is 4.95. The highest BCUT2D eigenvalue weighted by atomic mass is 19.4. The van der Waals surface area contributed by atoms with Crippen molar-refractivity contribution >= 4 is 16.8 Å². The molecule has 1 N–H and O–H groups in total. The van der Waals surface area contributed by atoms with Gasteiger partial charge in [-0.3, -0.25) is 4.79 Å². The first-order chi connectivity index (χ1) is 11.4. The lowest BCUT2D eigenvalue weighted by molar-refractivity contribution is -0.137. The third kappa shape index (κ3) is 2.25.